The molecule has 1 aromatic carbocycles. The molecule has 1 aliphatic heterocycles. The first-order valence-corrected chi connectivity index (χ1v) is 6.72. The molecule has 2 heterocycles. The van der Waals surface area contributed by atoms with Gasteiger partial charge in [0.05, 0.1) is 11.4 Å². The molecule has 0 atom stereocenters. The van der Waals surface area contributed by atoms with E-state index in [1.165, 1.54) is 0 Å². The van der Waals surface area contributed by atoms with Crippen molar-refractivity contribution in [1.82, 2.24) is 14.7 Å². The molecule has 0 saturated heterocycles. The van der Waals surface area contributed by atoms with E-state index >= 15 is 0 Å². The van der Waals surface area contributed by atoms with E-state index in [1.54, 1.807) is 16.8 Å². The largest absolute Gasteiger partial charge is 0.476 e. The molecule has 1 N–H and O–H groups in total. The van der Waals surface area contributed by atoms with E-state index in [0.29, 0.717) is 11.6 Å². The fraction of sp³-hybridized carbons (Fsp3) is 0.286. The molecule has 0 bridgehead atoms. The summed E-state index contributed by atoms with van der Waals surface area (Å²) in [5.41, 5.74) is 2.76. The minimum absolute atomic E-state index is 0.140. The van der Waals surface area contributed by atoms with Crippen LogP contribution in [0.5, 0.6) is 0 Å². The molecule has 0 amide bonds. The van der Waals surface area contributed by atoms with Crippen LogP contribution in [0.3, 0.4) is 0 Å². The third-order valence-corrected chi connectivity index (χ3v) is 3.77. The molecule has 0 spiro atoms. The summed E-state index contributed by atoms with van der Waals surface area (Å²) in [5.74, 6) is -0.982. The molecule has 0 radical (unpaired) electrons. The van der Waals surface area contributed by atoms with Gasteiger partial charge in [0.2, 0.25) is 0 Å². The number of aromatic nitrogens is 2. The number of carboxylic acid groups (broad SMARTS) is 1. The van der Waals surface area contributed by atoms with Crippen molar-refractivity contribution in [2.24, 2.45) is 0 Å². The van der Waals surface area contributed by atoms with Crippen LogP contribution in [0.1, 0.15) is 21.7 Å². The molecule has 20 heavy (non-hydrogen) atoms. The van der Waals surface area contributed by atoms with Crippen LogP contribution < -0.4 is 0 Å². The standard InChI is InChI=1S/C14H14ClN3O2/c1-17-7-6-12-11(8-17)13(14(19)20)16-18(12)10-4-2-9(15)3-5-10/h2-5H,6-8H2,1H3,(H,19,20). The first-order valence-electron chi connectivity index (χ1n) is 6.35. The Balaban J connectivity index is 2.14. The Kier molecular flexibility index (Phi) is 3.23. The minimum atomic E-state index is -0.982. The lowest BCUT2D eigenvalue weighted by Gasteiger charge is -2.23. The van der Waals surface area contributed by atoms with Crippen molar-refractivity contribution < 1.29 is 9.90 Å². The van der Waals surface area contributed by atoms with Gasteiger partial charge in [0.1, 0.15) is 0 Å². The Labute approximate surface area is 121 Å². The van der Waals surface area contributed by atoms with E-state index in [0.717, 1.165) is 29.9 Å². The smallest absolute Gasteiger partial charge is 0.356 e. The van der Waals surface area contributed by atoms with Gasteiger partial charge < -0.3 is 10.0 Å². The second-order valence-electron chi connectivity index (χ2n) is 4.96. The van der Waals surface area contributed by atoms with Crippen LogP contribution in [0, 0.1) is 0 Å². The summed E-state index contributed by atoms with van der Waals surface area (Å²) in [6, 6.07) is 7.25. The van der Waals surface area contributed by atoms with Gasteiger partial charge in [-0.05, 0) is 31.3 Å². The quantitative estimate of drug-likeness (QED) is 0.922. The number of benzene rings is 1. The summed E-state index contributed by atoms with van der Waals surface area (Å²) >= 11 is 5.89. The second kappa shape index (κ2) is 4.92. The van der Waals surface area contributed by atoms with Crippen LogP contribution in [0.15, 0.2) is 24.3 Å². The fourth-order valence-corrected chi connectivity index (χ4v) is 2.65. The number of carboxylic acids is 1. The average molecular weight is 292 g/mol. The lowest BCUT2D eigenvalue weighted by atomic mass is 10.1. The van der Waals surface area contributed by atoms with Crippen molar-refractivity contribution in [3.8, 4) is 5.69 Å². The maximum absolute atomic E-state index is 11.4. The van der Waals surface area contributed by atoms with Crippen LogP contribution in [-0.2, 0) is 13.0 Å². The van der Waals surface area contributed by atoms with Gasteiger partial charge in [0.25, 0.3) is 0 Å². The van der Waals surface area contributed by atoms with Gasteiger partial charge in [0.15, 0.2) is 5.69 Å². The van der Waals surface area contributed by atoms with E-state index in [2.05, 4.69) is 10.00 Å². The predicted octanol–water partition coefficient (Wildman–Crippen LogP) is 2.21. The number of rotatable bonds is 2. The van der Waals surface area contributed by atoms with E-state index < -0.39 is 5.97 Å². The minimum Gasteiger partial charge on any atom is -0.476 e. The lowest BCUT2D eigenvalue weighted by molar-refractivity contribution is 0.0687. The number of hydrogen-bond acceptors (Lipinski definition) is 3. The number of fused-ring (bicyclic) bond motifs is 1. The van der Waals surface area contributed by atoms with Crippen molar-refractivity contribution in [1.29, 1.82) is 0 Å². The Bertz CT molecular complexity index is 664. The number of halogens is 1. The molecule has 2 aromatic rings. The van der Waals surface area contributed by atoms with Crippen LogP contribution in [0.2, 0.25) is 5.02 Å². The van der Waals surface area contributed by atoms with Crippen LogP contribution in [0.25, 0.3) is 5.69 Å². The van der Waals surface area contributed by atoms with Crippen molar-refractivity contribution in [2.45, 2.75) is 13.0 Å². The van der Waals surface area contributed by atoms with Gasteiger partial charge in [-0.3, -0.25) is 0 Å². The molecule has 0 unspecified atom stereocenters. The van der Waals surface area contributed by atoms with Crippen molar-refractivity contribution >= 4 is 17.6 Å². The Morgan fingerprint density at radius 2 is 2.05 bits per heavy atom. The summed E-state index contributed by atoms with van der Waals surface area (Å²) in [4.78, 5) is 13.5. The molecular formula is C14H14ClN3O2. The number of carbonyl (C=O) groups is 1. The zero-order chi connectivity index (χ0) is 14.3. The van der Waals surface area contributed by atoms with Gasteiger partial charge in [0, 0.05) is 30.1 Å². The highest BCUT2D eigenvalue weighted by Gasteiger charge is 2.27. The molecule has 0 fully saturated rings. The molecule has 6 heteroatoms. The fourth-order valence-electron chi connectivity index (χ4n) is 2.52. The van der Waals surface area contributed by atoms with Gasteiger partial charge >= 0.3 is 5.97 Å². The lowest BCUT2D eigenvalue weighted by Crippen LogP contribution is -2.28. The van der Waals surface area contributed by atoms with Gasteiger partial charge in [-0.1, -0.05) is 11.6 Å². The zero-order valence-corrected chi connectivity index (χ0v) is 11.8. The van der Waals surface area contributed by atoms with Crippen molar-refractivity contribution in [3.63, 3.8) is 0 Å². The first kappa shape index (κ1) is 13.1. The van der Waals surface area contributed by atoms with E-state index in [-0.39, 0.29) is 5.69 Å². The number of aromatic carboxylic acids is 1. The van der Waals surface area contributed by atoms with E-state index in [1.807, 2.05) is 19.2 Å². The Hall–Kier alpha value is -1.85. The third-order valence-electron chi connectivity index (χ3n) is 3.52. The maximum atomic E-state index is 11.4. The van der Waals surface area contributed by atoms with Crippen molar-refractivity contribution in [2.75, 3.05) is 13.6 Å². The summed E-state index contributed by atoms with van der Waals surface area (Å²) in [5, 5.41) is 14.2. The van der Waals surface area contributed by atoms with Gasteiger partial charge in [-0.2, -0.15) is 5.10 Å². The van der Waals surface area contributed by atoms with Crippen LogP contribution in [-0.4, -0.2) is 39.3 Å². The summed E-state index contributed by atoms with van der Waals surface area (Å²) < 4.78 is 1.72. The molecule has 5 nitrogen and oxygen atoms in total. The monoisotopic (exact) mass is 291 g/mol. The Morgan fingerprint density at radius 3 is 2.70 bits per heavy atom. The van der Waals surface area contributed by atoms with Crippen molar-refractivity contribution in [3.05, 3.63) is 46.2 Å². The zero-order valence-electron chi connectivity index (χ0n) is 11.0. The SMILES string of the molecule is CN1CCc2c(c(C(=O)O)nn2-c2ccc(Cl)cc2)C1. The average Bonchev–Trinajstić information content (AvgIpc) is 2.78. The maximum Gasteiger partial charge on any atom is 0.356 e. The molecular weight excluding hydrogens is 278 g/mol. The van der Waals surface area contributed by atoms with E-state index in [9.17, 15) is 9.90 Å². The van der Waals surface area contributed by atoms with Gasteiger partial charge in [-0.25, -0.2) is 9.48 Å². The molecule has 1 aromatic heterocycles. The van der Waals surface area contributed by atoms with Crippen LogP contribution >= 0.6 is 11.6 Å². The number of likely N-dealkylation sites (N-methyl/N-ethyl adjacent to an activating group) is 1. The highest BCUT2D eigenvalue weighted by Crippen LogP contribution is 2.25. The number of nitrogens with zero attached hydrogens (tertiary/aromatic N) is 3. The Morgan fingerprint density at radius 1 is 1.35 bits per heavy atom. The molecule has 1 aliphatic rings. The van der Waals surface area contributed by atoms with Crippen LogP contribution in [0.4, 0.5) is 0 Å². The molecule has 0 aliphatic carbocycles. The molecule has 3 rings (SSSR count). The summed E-state index contributed by atoms with van der Waals surface area (Å²) in [6.07, 6.45) is 0.786. The third kappa shape index (κ3) is 2.19. The molecule has 0 saturated carbocycles. The highest BCUT2D eigenvalue weighted by molar-refractivity contribution is 6.30. The number of hydrogen-bond donors (Lipinski definition) is 1. The summed E-state index contributed by atoms with van der Waals surface area (Å²) in [7, 11) is 1.98. The first-order chi connectivity index (χ1) is 9.56. The second-order valence-corrected chi connectivity index (χ2v) is 5.39. The topological polar surface area (TPSA) is 58.4 Å². The predicted molar refractivity (Wildman–Crippen MR) is 75.6 cm³/mol. The molecule has 104 valence electrons. The van der Waals surface area contributed by atoms with Gasteiger partial charge in [-0.15, -0.1) is 0 Å². The van der Waals surface area contributed by atoms with E-state index in [4.69, 9.17) is 11.6 Å². The summed E-state index contributed by atoms with van der Waals surface area (Å²) in [6.45, 7) is 1.51. The highest BCUT2D eigenvalue weighted by atomic mass is 35.5. The normalized spacial score (nSPS) is 15.1.